The Labute approximate surface area is 117 Å². The summed E-state index contributed by atoms with van der Waals surface area (Å²) in [5.41, 5.74) is -0.922. The molecule has 0 aliphatic rings. The van der Waals surface area contributed by atoms with Crippen molar-refractivity contribution in [3.63, 3.8) is 0 Å². The van der Waals surface area contributed by atoms with Gasteiger partial charge in [-0.25, -0.2) is 14.2 Å². The van der Waals surface area contributed by atoms with Gasteiger partial charge in [-0.05, 0) is 12.1 Å². The zero-order chi connectivity index (χ0) is 15.3. The zero-order valence-corrected chi connectivity index (χ0v) is 11.0. The molecule has 3 nitrogen and oxygen atoms in total. The summed E-state index contributed by atoms with van der Waals surface area (Å²) in [6.07, 6.45) is -4.15. The first kappa shape index (κ1) is 16.4. The van der Waals surface area contributed by atoms with E-state index in [2.05, 4.69) is 9.72 Å². The Kier molecular flexibility index (Phi) is 5.50. The summed E-state index contributed by atoms with van der Waals surface area (Å²) < 4.78 is 54.3. The molecule has 0 aliphatic heterocycles. The van der Waals surface area contributed by atoms with Gasteiger partial charge in [0.15, 0.2) is 0 Å². The van der Waals surface area contributed by atoms with E-state index < -0.39 is 24.0 Å². The van der Waals surface area contributed by atoms with Gasteiger partial charge < -0.3 is 4.74 Å². The van der Waals surface area contributed by atoms with E-state index >= 15 is 0 Å². The molecule has 0 bridgehead atoms. The van der Waals surface area contributed by atoms with E-state index in [4.69, 9.17) is 11.6 Å². The van der Waals surface area contributed by atoms with Gasteiger partial charge in [0.1, 0.15) is 10.8 Å². The Hall–Kier alpha value is -1.63. The third-order valence-electron chi connectivity index (χ3n) is 2.27. The Morgan fingerprint density at radius 2 is 2.15 bits per heavy atom. The van der Waals surface area contributed by atoms with Crippen LogP contribution in [-0.2, 0) is 15.7 Å². The first-order valence-corrected chi connectivity index (χ1v) is 5.75. The molecule has 0 unspecified atom stereocenters. The molecular formula is C12H10ClF4NO2. The number of allylic oxidation sites excluding steroid dienone is 1. The highest BCUT2D eigenvalue weighted by Crippen LogP contribution is 2.29. The molecule has 0 aliphatic carbocycles. The number of esters is 1. The Bertz CT molecular complexity index is 517. The summed E-state index contributed by atoms with van der Waals surface area (Å²) in [5, 5.41) is -0.357. The topological polar surface area (TPSA) is 39.2 Å². The van der Waals surface area contributed by atoms with Crippen LogP contribution in [0, 0.1) is 0 Å². The lowest BCUT2D eigenvalue weighted by atomic mass is 10.2. The molecule has 0 saturated carbocycles. The lowest BCUT2D eigenvalue weighted by molar-refractivity contribution is -0.146. The molecule has 0 radical (unpaired) electrons. The van der Waals surface area contributed by atoms with Crippen molar-refractivity contribution in [3.05, 3.63) is 34.6 Å². The number of pyridine rings is 1. The van der Waals surface area contributed by atoms with E-state index in [1.807, 2.05) is 0 Å². The van der Waals surface area contributed by atoms with Crippen molar-refractivity contribution in [2.45, 2.75) is 18.8 Å². The number of carbonyl (C=O) groups excluding carboxylic acids is 1. The van der Waals surface area contributed by atoms with Gasteiger partial charge in [0, 0.05) is 12.0 Å². The molecule has 8 heteroatoms. The standard InChI is InChI=1S/C12H10ClF4NO2/c1-20-11(19)8(14)4-2-3-7-5-6-9(12(15,16)17)18-10(7)13/h2-3,5-6,8H,4H2,1H3/b3-2+/t8-/m1/s1. The average molecular weight is 312 g/mol. The van der Waals surface area contributed by atoms with Crippen molar-refractivity contribution in [3.8, 4) is 0 Å². The average Bonchev–Trinajstić information content (AvgIpc) is 2.38. The van der Waals surface area contributed by atoms with Crippen molar-refractivity contribution in [2.75, 3.05) is 7.11 Å². The van der Waals surface area contributed by atoms with E-state index in [1.54, 1.807) is 0 Å². The smallest absolute Gasteiger partial charge is 0.433 e. The second-order valence-electron chi connectivity index (χ2n) is 3.70. The van der Waals surface area contributed by atoms with Crippen LogP contribution in [0.5, 0.6) is 0 Å². The van der Waals surface area contributed by atoms with E-state index in [1.165, 1.54) is 12.2 Å². The van der Waals surface area contributed by atoms with Crippen molar-refractivity contribution < 1.29 is 27.1 Å². The minimum Gasteiger partial charge on any atom is -0.467 e. The lowest BCUT2D eigenvalue weighted by Crippen LogP contribution is -2.15. The van der Waals surface area contributed by atoms with Gasteiger partial charge in [-0.3, -0.25) is 0 Å². The maximum absolute atomic E-state index is 13.1. The number of methoxy groups -OCH3 is 1. The molecule has 0 fully saturated rings. The normalized spacial score (nSPS) is 13.5. The molecule has 1 aromatic rings. The summed E-state index contributed by atoms with van der Waals surface area (Å²) in [6, 6.07) is 1.87. The van der Waals surface area contributed by atoms with Crippen LogP contribution in [0.1, 0.15) is 17.7 Å². The highest BCUT2D eigenvalue weighted by Gasteiger charge is 2.32. The SMILES string of the molecule is COC(=O)[C@H](F)C/C=C/c1ccc(C(F)(F)F)nc1Cl. The van der Waals surface area contributed by atoms with Gasteiger partial charge in [0.05, 0.1) is 7.11 Å². The van der Waals surface area contributed by atoms with Crippen LogP contribution < -0.4 is 0 Å². The number of ether oxygens (including phenoxy) is 1. The summed E-state index contributed by atoms with van der Waals surface area (Å²) in [4.78, 5) is 14.0. The molecule has 0 N–H and O–H groups in total. The zero-order valence-electron chi connectivity index (χ0n) is 10.2. The van der Waals surface area contributed by atoms with Crippen molar-refractivity contribution in [1.82, 2.24) is 4.98 Å². The van der Waals surface area contributed by atoms with Gasteiger partial charge in [-0.1, -0.05) is 23.8 Å². The van der Waals surface area contributed by atoms with Gasteiger partial charge in [-0.2, -0.15) is 13.2 Å². The van der Waals surface area contributed by atoms with Gasteiger partial charge in [0.25, 0.3) is 0 Å². The van der Waals surface area contributed by atoms with Crippen LogP contribution in [0.4, 0.5) is 17.6 Å². The molecule has 1 aromatic heterocycles. The second kappa shape index (κ2) is 6.69. The van der Waals surface area contributed by atoms with Crippen LogP contribution in [0.2, 0.25) is 5.15 Å². The Morgan fingerprint density at radius 3 is 2.65 bits per heavy atom. The molecule has 110 valence electrons. The van der Waals surface area contributed by atoms with Crippen molar-refractivity contribution in [2.24, 2.45) is 0 Å². The van der Waals surface area contributed by atoms with E-state index in [9.17, 15) is 22.4 Å². The Balaban J connectivity index is 2.77. The van der Waals surface area contributed by atoms with Crippen LogP contribution in [-0.4, -0.2) is 24.2 Å². The maximum atomic E-state index is 13.1. The van der Waals surface area contributed by atoms with E-state index in [0.717, 1.165) is 19.2 Å². The van der Waals surface area contributed by atoms with Crippen molar-refractivity contribution >= 4 is 23.6 Å². The largest absolute Gasteiger partial charge is 0.467 e. The molecule has 1 rings (SSSR count). The maximum Gasteiger partial charge on any atom is 0.433 e. The number of hydrogen-bond donors (Lipinski definition) is 0. The number of nitrogens with zero attached hydrogens (tertiary/aromatic N) is 1. The molecular weight excluding hydrogens is 302 g/mol. The summed E-state index contributed by atoms with van der Waals surface area (Å²) >= 11 is 5.59. The van der Waals surface area contributed by atoms with Crippen molar-refractivity contribution in [1.29, 1.82) is 0 Å². The van der Waals surface area contributed by atoms with Crippen LogP contribution in [0.3, 0.4) is 0 Å². The summed E-state index contributed by atoms with van der Waals surface area (Å²) in [5.74, 6) is -1.02. The molecule has 0 amide bonds. The van der Waals surface area contributed by atoms with Crippen LogP contribution >= 0.6 is 11.6 Å². The summed E-state index contributed by atoms with van der Waals surface area (Å²) in [7, 11) is 1.05. The third-order valence-corrected chi connectivity index (χ3v) is 2.57. The van der Waals surface area contributed by atoms with Gasteiger partial charge >= 0.3 is 12.1 Å². The monoisotopic (exact) mass is 311 g/mol. The molecule has 0 spiro atoms. The third kappa shape index (κ3) is 4.48. The lowest BCUT2D eigenvalue weighted by Gasteiger charge is -2.07. The van der Waals surface area contributed by atoms with Crippen LogP contribution in [0.25, 0.3) is 6.08 Å². The van der Waals surface area contributed by atoms with Crippen LogP contribution in [0.15, 0.2) is 18.2 Å². The second-order valence-corrected chi connectivity index (χ2v) is 4.06. The number of rotatable bonds is 4. The molecule has 0 aromatic carbocycles. The molecule has 20 heavy (non-hydrogen) atoms. The first-order valence-electron chi connectivity index (χ1n) is 5.38. The predicted octanol–water partition coefficient (Wildman–Crippen LogP) is 3.67. The summed E-state index contributed by atoms with van der Waals surface area (Å²) in [6.45, 7) is 0. The van der Waals surface area contributed by atoms with E-state index in [-0.39, 0.29) is 17.1 Å². The quantitative estimate of drug-likeness (QED) is 0.484. The number of carbonyl (C=O) groups is 1. The number of alkyl halides is 4. The fourth-order valence-corrected chi connectivity index (χ4v) is 1.48. The fourth-order valence-electron chi connectivity index (χ4n) is 1.27. The first-order chi connectivity index (χ1) is 9.25. The highest BCUT2D eigenvalue weighted by atomic mass is 35.5. The molecule has 0 saturated heterocycles. The Morgan fingerprint density at radius 1 is 1.50 bits per heavy atom. The van der Waals surface area contributed by atoms with Gasteiger partial charge in [-0.15, -0.1) is 0 Å². The minimum atomic E-state index is -4.58. The fraction of sp³-hybridized carbons (Fsp3) is 0.333. The number of halogens is 5. The number of hydrogen-bond acceptors (Lipinski definition) is 3. The highest BCUT2D eigenvalue weighted by molar-refractivity contribution is 6.30. The number of aromatic nitrogens is 1. The van der Waals surface area contributed by atoms with E-state index in [0.29, 0.717) is 0 Å². The molecule has 1 heterocycles. The molecule has 1 atom stereocenters. The van der Waals surface area contributed by atoms with Gasteiger partial charge in [0.2, 0.25) is 6.17 Å². The minimum absolute atomic E-state index is 0.191. The predicted molar refractivity (Wildman–Crippen MR) is 64.8 cm³/mol.